The van der Waals surface area contributed by atoms with Gasteiger partial charge in [-0.25, -0.2) is 8.42 Å². The van der Waals surface area contributed by atoms with E-state index in [1.807, 2.05) is 19.9 Å². The fourth-order valence-corrected chi connectivity index (χ4v) is 4.00. The number of benzene rings is 1. The van der Waals surface area contributed by atoms with Gasteiger partial charge in [0, 0.05) is 13.1 Å². The van der Waals surface area contributed by atoms with Gasteiger partial charge in [-0.2, -0.15) is 9.57 Å². The first kappa shape index (κ1) is 15.3. The summed E-state index contributed by atoms with van der Waals surface area (Å²) in [5, 5.41) is 9.19. The van der Waals surface area contributed by atoms with Crippen LogP contribution in [0.1, 0.15) is 19.4 Å². The Kier molecular flexibility index (Phi) is 4.35. The maximum Gasteiger partial charge on any atom is 0.243 e. The molecule has 5 nitrogen and oxygen atoms in total. The van der Waals surface area contributed by atoms with Gasteiger partial charge in [-0.05, 0) is 32.0 Å². The lowest BCUT2D eigenvalue weighted by Crippen LogP contribution is -2.48. The van der Waals surface area contributed by atoms with E-state index in [0.717, 1.165) is 0 Å². The molecule has 2 rings (SSSR count). The van der Waals surface area contributed by atoms with Gasteiger partial charge in [0.05, 0.1) is 27.7 Å². The Hall–Kier alpha value is -1.13. The van der Waals surface area contributed by atoms with Crippen LogP contribution < -0.4 is 0 Å². The van der Waals surface area contributed by atoms with E-state index in [0.29, 0.717) is 13.1 Å². The highest BCUT2D eigenvalue weighted by Gasteiger charge is 2.32. The molecular weight excluding hydrogens is 300 g/mol. The molecular formula is C13H15ClN2O3S. The third-order valence-electron chi connectivity index (χ3n) is 3.08. The standard InChI is InChI=1S/C13H15ClN2O3S/c1-9-7-16(8-10(2)19-9)20(17,18)12-3-4-13(14)11(5-12)6-15/h3-5,9-10H,7-8H2,1-2H3. The number of hydrogen-bond donors (Lipinski definition) is 0. The highest BCUT2D eigenvalue weighted by atomic mass is 35.5. The van der Waals surface area contributed by atoms with Crippen molar-refractivity contribution < 1.29 is 13.2 Å². The number of nitriles is 1. The molecule has 1 heterocycles. The second kappa shape index (κ2) is 5.70. The van der Waals surface area contributed by atoms with E-state index in [4.69, 9.17) is 21.6 Å². The minimum Gasteiger partial charge on any atom is -0.373 e. The molecule has 1 aliphatic heterocycles. The lowest BCUT2D eigenvalue weighted by Gasteiger charge is -2.34. The number of sulfonamides is 1. The van der Waals surface area contributed by atoms with Crippen LogP contribution in [0.25, 0.3) is 0 Å². The average Bonchev–Trinajstić information content (AvgIpc) is 2.37. The highest BCUT2D eigenvalue weighted by Crippen LogP contribution is 2.24. The van der Waals surface area contributed by atoms with Crippen LogP contribution in [-0.2, 0) is 14.8 Å². The van der Waals surface area contributed by atoms with Crippen LogP contribution in [0.2, 0.25) is 5.02 Å². The highest BCUT2D eigenvalue weighted by molar-refractivity contribution is 7.89. The summed E-state index contributed by atoms with van der Waals surface area (Å²) in [6, 6.07) is 6.05. The van der Waals surface area contributed by atoms with E-state index in [1.54, 1.807) is 0 Å². The first-order valence-electron chi connectivity index (χ1n) is 6.20. The van der Waals surface area contributed by atoms with Gasteiger partial charge in [0.1, 0.15) is 6.07 Å². The second-order valence-electron chi connectivity index (χ2n) is 4.83. The Bertz CT molecular complexity index is 644. The summed E-state index contributed by atoms with van der Waals surface area (Å²) in [5.74, 6) is 0. The van der Waals surface area contributed by atoms with Crippen molar-refractivity contribution >= 4 is 21.6 Å². The normalized spacial score (nSPS) is 24.3. The maximum atomic E-state index is 12.6. The monoisotopic (exact) mass is 314 g/mol. The fourth-order valence-electron chi connectivity index (χ4n) is 2.23. The Morgan fingerprint density at radius 2 is 1.95 bits per heavy atom. The smallest absolute Gasteiger partial charge is 0.243 e. The van der Waals surface area contributed by atoms with Gasteiger partial charge < -0.3 is 4.74 Å². The third kappa shape index (κ3) is 2.96. The third-order valence-corrected chi connectivity index (χ3v) is 5.24. The molecule has 2 unspecified atom stereocenters. The number of rotatable bonds is 2. The summed E-state index contributed by atoms with van der Waals surface area (Å²) in [6.45, 7) is 4.27. The van der Waals surface area contributed by atoms with Crippen molar-refractivity contribution in [3.63, 3.8) is 0 Å². The first-order valence-corrected chi connectivity index (χ1v) is 8.01. The summed E-state index contributed by atoms with van der Waals surface area (Å²) in [4.78, 5) is 0.0831. The molecule has 1 aliphatic rings. The zero-order valence-electron chi connectivity index (χ0n) is 11.2. The van der Waals surface area contributed by atoms with E-state index in [2.05, 4.69) is 0 Å². The second-order valence-corrected chi connectivity index (χ2v) is 7.18. The molecule has 1 aromatic carbocycles. The molecule has 20 heavy (non-hydrogen) atoms. The summed E-state index contributed by atoms with van der Waals surface area (Å²) in [7, 11) is -3.63. The fraction of sp³-hybridized carbons (Fsp3) is 0.462. The quantitative estimate of drug-likeness (QED) is 0.837. The van der Waals surface area contributed by atoms with Gasteiger partial charge in [0.15, 0.2) is 0 Å². The van der Waals surface area contributed by atoms with Crippen LogP contribution in [0.4, 0.5) is 0 Å². The lowest BCUT2D eigenvalue weighted by molar-refractivity contribution is -0.0440. The first-order chi connectivity index (χ1) is 9.34. The summed E-state index contributed by atoms with van der Waals surface area (Å²) in [5.41, 5.74) is 0.155. The number of ether oxygens (including phenoxy) is 1. The van der Waals surface area contributed by atoms with Crippen LogP contribution in [0, 0.1) is 11.3 Å². The van der Waals surface area contributed by atoms with E-state index >= 15 is 0 Å². The van der Waals surface area contributed by atoms with Crippen molar-refractivity contribution in [2.75, 3.05) is 13.1 Å². The summed E-state index contributed by atoms with van der Waals surface area (Å²) >= 11 is 5.83. The predicted octanol–water partition coefficient (Wildman–Crippen LogP) is 2.01. The molecule has 2 atom stereocenters. The molecule has 7 heteroatoms. The van der Waals surface area contributed by atoms with Gasteiger partial charge in [0.2, 0.25) is 10.0 Å². The lowest BCUT2D eigenvalue weighted by atomic mass is 10.2. The summed E-state index contributed by atoms with van der Waals surface area (Å²) < 4.78 is 32.1. The van der Waals surface area contributed by atoms with Crippen molar-refractivity contribution in [1.29, 1.82) is 5.26 Å². The van der Waals surface area contributed by atoms with Crippen LogP contribution >= 0.6 is 11.6 Å². The van der Waals surface area contributed by atoms with Gasteiger partial charge in [-0.15, -0.1) is 0 Å². The molecule has 0 saturated carbocycles. The van der Waals surface area contributed by atoms with E-state index in [1.165, 1.54) is 22.5 Å². The zero-order valence-corrected chi connectivity index (χ0v) is 12.8. The molecule has 0 spiro atoms. The van der Waals surface area contributed by atoms with Crippen molar-refractivity contribution in [3.8, 4) is 6.07 Å². The van der Waals surface area contributed by atoms with E-state index in [-0.39, 0.29) is 27.7 Å². The molecule has 0 aliphatic carbocycles. The molecule has 1 fully saturated rings. The topological polar surface area (TPSA) is 70.4 Å². The minimum atomic E-state index is -3.63. The van der Waals surface area contributed by atoms with Crippen LogP contribution in [-0.4, -0.2) is 38.0 Å². The van der Waals surface area contributed by atoms with E-state index in [9.17, 15) is 8.42 Å². The Balaban J connectivity index is 2.38. The molecule has 108 valence electrons. The van der Waals surface area contributed by atoms with Crippen molar-refractivity contribution in [2.45, 2.75) is 31.0 Å². The Morgan fingerprint density at radius 3 is 2.50 bits per heavy atom. The van der Waals surface area contributed by atoms with Crippen LogP contribution in [0.5, 0.6) is 0 Å². The van der Waals surface area contributed by atoms with Crippen molar-refractivity contribution in [2.24, 2.45) is 0 Å². The molecule has 0 radical (unpaired) electrons. The average molecular weight is 315 g/mol. The van der Waals surface area contributed by atoms with Crippen LogP contribution in [0.15, 0.2) is 23.1 Å². The molecule has 1 aromatic rings. The van der Waals surface area contributed by atoms with Crippen molar-refractivity contribution in [1.82, 2.24) is 4.31 Å². The van der Waals surface area contributed by atoms with E-state index < -0.39 is 10.0 Å². The van der Waals surface area contributed by atoms with Gasteiger partial charge in [0.25, 0.3) is 0 Å². The number of hydrogen-bond acceptors (Lipinski definition) is 4. The molecule has 0 bridgehead atoms. The molecule has 0 N–H and O–H groups in total. The van der Waals surface area contributed by atoms with Gasteiger partial charge in [-0.3, -0.25) is 0 Å². The molecule has 0 aromatic heterocycles. The molecule has 1 saturated heterocycles. The van der Waals surface area contributed by atoms with Crippen molar-refractivity contribution in [3.05, 3.63) is 28.8 Å². The van der Waals surface area contributed by atoms with Crippen LogP contribution in [0.3, 0.4) is 0 Å². The Labute approximate surface area is 123 Å². The maximum absolute atomic E-state index is 12.6. The zero-order chi connectivity index (χ0) is 14.9. The largest absolute Gasteiger partial charge is 0.373 e. The number of nitrogens with zero attached hydrogens (tertiary/aromatic N) is 2. The summed E-state index contributed by atoms with van der Waals surface area (Å²) in [6.07, 6.45) is -0.312. The van der Waals surface area contributed by atoms with Gasteiger partial charge in [-0.1, -0.05) is 11.6 Å². The molecule has 0 amide bonds. The number of morpholine rings is 1. The predicted molar refractivity (Wildman–Crippen MR) is 74.9 cm³/mol. The SMILES string of the molecule is CC1CN(S(=O)(=O)c2ccc(Cl)c(C#N)c2)CC(C)O1. The van der Waals surface area contributed by atoms with Gasteiger partial charge >= 0.3 is 0 Å². The Morgan fingerprint density at radius 1 is 1.35 bits per heavy atom. The minimum absolute atomic E-state index is 0.0831. The number of halogens is 1.